The van der Waals surface area contributed by atoms with E-state index in [1.807, 2.05) is 0 Å². The van der Waals surface area contributed by atoms with E-state index in [-0.39, 0.29) is 35.4 Å². The zero-order chi connectivity index (χ0) is 23.1. The molecule has 0 saturated heterocycles. The topological polar surface area (TPSA) is 88.4 Å². The summed E-state index contributed by atoms with van der Waals surface area (Å²) in [5.41, 5.74) is 3.44. The van der Waals surface area contributed by atoms with Crippen LogP contribution in [0.4, 0.5) is 0 Å². The molecule has 0 fully saturated rings. The van der Waals surface area contributed by atoms with Crippen molar-refractivity contribution in [1.82, 2.24) is 0 Å². The first-order valence-corrected chi connectivity index (χ1v) is 9.91. The molecule has 0 aliphatic carbocycles. The smallest absolute Gasteiger partial charge is 0.170 e. The van der Waals surface area contributed by atoms with E-state index in [1.54, 1.807) is 42.5 Å². The molecule has 6 nitrogen and oxygen atoms in total. The SMILES string of the molecule is COc1cc(-c2ccc(O)cc2)c(OC)c(O)c1-c1ccc(OCC#C/C=C/Cl)c(O)c1. The lowest BCUT2D eigenvalue weighted by Gasteiger charge is -2.18. The van der Waals surface area contributed by atoms with E-state index < -0.39 is 0 Å². The van der Waals surface area contributed by atoms with E-state index in [9.17, 15) is 15.3 Å². The molecule has 0 heterocycles. The number of benzene rings is 3. The summed E-state index contributed by atoms with van der Waals surface area (Å²) in [5, 5.41) is 31.0. The molecule has 0 amide bonds. The highest BCUT2D eigenvalue weighted by Gasteiger charge is 2.22. The molecule has 0 spiro atoms. The van der Waals surface area contributed by atoms with Gasteiger partial charge in [0.2, 0.25) is 0 Å². The fourth-order valence-electron chi connectivity index (χ4n) is 3.17. The molecule has 32 heavy (non-hydrogen) atoms. The van der Waals surface area contributed by atoms with Gasteiger partial charge in [-0.25, -0.2) is 0 Å². The van der Waals surface area contributed by atoms with Gasteiger partial charge in [0.1, 0.15) is 18.1 Å². The van der Waals surface area contributed by atoms with Crippen LogP contribution in [0.1, 0.15) is 0 Å². The Morgan fingerprint density at radius 1 is 0.906 bits per heavy atom. The van der Waals surface area contributed by atoms with Crippen molar-refractivity contribution in [2.45, 2.75) is 0 Å². The van der Waals surface area contributed by atoms with Crippen molar-refractivity contribution < 1.29 is 29.5 Å². The molecular weight excluding hydrogens is 432 g/mol. The van der Waals surface area contributed by atoms with E-state index in [0.29, 0.717) is 22.4 Å². The average Bonchev–Trinajstić information content (AvgIpc) is 2.79. The van der Waals surface area contributed by atoms with Crippen LogP contribution in [-0.4, -0.2) is 36.1 Å². The number of ether oxygens (including phenoxy) is 3. The summed E-state index contributed by atoms with van der Waals surface area (Å²) in [4.78, 5) is 0. The Labute approximate surface area is 190 Å². The Morgan fingerprint density at radius 2 is 1.62 bits per heavy atom. The molecule has 0 saturated carbocycles. The zero-order valence-electron chi connectivity index (χ0n) is 17.4. The molecule has 3 aromatic carbocycles. The van der Waals surface area contributed by atoms with Gasteiger partial charge in [0.25, 0.3) is 0 Å². The Morgan fingerprint density at radius 3 is 2.25 bits per heavy atom. The fraction of sp³-hybridized carbons (Fsp3) is 0.120. The first-order chi connectivity index (χ1) is 15.5. The first kappa shape index (κ1) is 22.7. The summed E-state index contributed by atoms with van der Waals surface area (Å²) in [6.45, 7) is 0.0673. The molecule has 0 bridgehead atoms. The monoisotopic (exact) mass is 452 g/mol. The molecule has 3 N–H and O–H groups in total. The number of hydrogen-bond acceptors (Lipinski definition) is 6. The number of allylic oxidation sites excluding steroid dienone is 1. The van der Waals surface area contributed by atoms with Crippen molar-refractivity contribution in [3.63, 3.8) is 0 Å². The van der Waals surface area contributed by atoms with Gasteiger partial charge in [-0.1, -0.05) is 41.6 Å². The fourth-order valence-corrected chi connectivity index (χ4v) is 3.23. The Hall–Kier alpha value is -3.95. The average molecular weight is 453 g/mol. The number of hydrogen-bond donors (Lipinski definition) is 3. The van der Waals surface area contributed by atoms with Crippen LogP contribution in [0.3, 0.4) is 0 Å². The number of aromatic hydroxyl groups is 3. The third-order valence-electron chi connectivity index (χ3n) is 4.62. The number of halogens is 1. The normalized spacial score (nSPS) is 10.5. The second-order valence-corrected chi connectivity index (χ2v) is 6.77. The highest BCUT2D eigenvalue weighted by molar-refractivity contribution is 6.25. The lowest BCUT2D eigenvalue weighted by molar-refractivity contribution is 0.342. The molecule has 0 radical (unpaired) electrons. The Balaban J connectivity index is 2.03. The van der Waals surface area contributed by atoms with E-state index in [4.69, 9.17) is 25.8 Å². The molecule has 0 aliphatic heterocycles. The summed E-state index contributed by atoms with van der Waals surface area (Å²) < 4.78 is 16.5. The van der Waals surface area contributed by atoms with Gasteiger partial charge < -0.3 is 29.5 Å². The molecule has 0 aromatic heterocycles. The van der Waals surface area contributed by atoms with Crippen LogP contribution in [0.2, 0.25) is 0 Å². The minimum atomic E-state index is -0.151. The van der Waals surface area contributed by atoms with E-state index in [2.05, 4.69) is 11.8 Å². The van der Waals surface area contributed by atoms with Crippen molar-refractivity contribution in [3.05, 3.63) is 60.1 Å². The van der Waals surface area contributed by atoms with E-state index in [0.717, 1.165) is 5.56 Å². The minimum Gasteiger partial charge on any atom is -0.508 e. The quantitative estimate of drug-likeness (QED) is 0.440. The molecule has 3 aromatic rings. The van der Waals surface area contributed by atoms with Crippen LogP contribution >= 0.6 is 11.6 Å². The van der Waals surface area contributed by atoms with Crippen molar-refractivity contribution in [3.8, 4) is 68.6 Å². The van der Waals surface area contributed by atoms with Crippen molar-refractivity contribution in [1.29, 1.82) is 0 Å². The number of phenolic OH excluding ortho intramolecular Hbond substituents is 3. The summed E-state index contributed by atoms with van der Waals surface area (Å²) >= 11 is 5.39. The van der Waals surface area contributed by atoms with Gasteiger partial charge in [0, 0.05) is 11.1 Å². The lowest BCUT2D eigenvalue weighted by atomic mass is 9.96. The Kier molecular flexibility index (Phi) is 7.37. The van der Waals surface area contributed by atoms with E-state index >= 15 is 0 Å². The second kappa shape index (κ2) is 10.4. The number of rotatable bonds is 6. The van der Waals surface area contributed by atoms with Crippen LogP contribution in [0.5, 0.6) is 34.5 Å². The minimum absolute atomic E-state index is 0.0673. The maximum Gasteiger partial charge on any atom is 0.170 e. The molecule has 164 valence electrons. The number of phenols is 3. The molecular formula is C25H21ClO6. The molecule has 0 unspecified atom stereocenters. The third kappa shape index (κ3) is 4.85. The van der Waals surface area contributed by atoms with Gasteiger partial charge in [-0.05, 0) is 47.5 Å². The zero-order valence-corrected chi connectivity index (χ0v) is 18.2. The predicted octanol–water partition coefficient (Wildman–Crippen LogP) is 5.29. The summed E-state index contributed by atoms with van der Waals surface area (Å²) in [5.74, 6) is 6.09. The highest BCUT2D eigenvalue weighted by atomic mass is 35.5. The van der Waals surface area contributed by atoms with Crippen molar-refractivity contribution in [2.75, 3.05) is 20.8 Å². The number of methoxy groups -OCH3 is 2. The van der Waals surface area contributed by atoms with Crippen LogP contribution in [0.15, 0.2) is 60.1 Å². The standard InChI is InChI=1S/C25H21ClO6/c1-30-22-15-19(16-6-9-18(27)10-7-16)25(31-2)24(29)23(22)17-8-11-21(20(28)14-17)32-13-5-3-4-12-26/h4,6-12,14-15,27-29H,13H2,1-2H3/b12-4+. The summed E-state index contributed by atoms with van der Waals surface area (Å²) in [7, 11) is 2.93. The van der Waals surface area contributed by atoms with Gasteiger partial charge in [0.05, 0.1) is 19.8 Å². The third-order valence-corrected chi connectivity index (χ3v) is 4.74. The van der Waals surface area contributed by atoms with Gasteiger partial charge in [-0.15, -0.1) is 0 Å². The van der Waals surface area contributed by atoms with Crippen LogP contribution in [-0.2, 0) is 0 Å². The highest BCUT2D eigenvalue weighted by Crippen LogP contribution is 2.50. The molecule has 3 rings (SSSR count). The van der Waals surface area contributed by atoms with Crippen LogP contribution in [0.25, 0.3) is 22.3 Å². The van der Waals surface area contributed by atoms with Crippen LogP contribution in [0, 0.1) is 11.8 Å². The van der Waals surface area contributed by atoms with Gasteiger partial charge in [0.15, 0.2) is 23.0 Å². The largest absolute Gasteiger partial charge is 0.508 e. The molecule has 0 aliphatic rings. The van der Waals surface area contributed by atoms with Gasteiger partial charge >= 0.3 is 0 Å². The summed E-state index contributed by atoms with van der Waals surface area (Å²) in [6.07, 6.45) is 1.47. The maximum absolute atomic E-state index is 11.0. The second-order valence-electron chi connectivity index (χ2n) is 6.52. The van der Waals surface area contributed by atoms with Crippen LogP contribution < -0.4 is 14.2 Å². The molecule has 7 heteroatoms. The van der Waals surface area contributed by atoms with E-state index in [1.165, 1.54) is 31.9 Å². The molecule has 0 atom stereocenters. The van der Waals surface area contributed by atoms with Gasteiger partial charge in [-0.2, -0.15) is 0 Å². The summed E-state index contributed by atoms with van der Waals surface area (Å²) in [6, 6.07) is 12.9. The Bertz CT molecular complexity index is 1190. The maximum atomic E-state index is 11.0. The lowest BCUT2D eigenvalue weighted by Crippen LogP contribution is -1.97. The predicted molar refractivity (Wildman–Crippen MR) is 124 cm³/mol. The van der Waals surface area contributed by atoms with Crippen molar-refractivity contribution >= 4 is 11.6 Å². The first-order valence-electron chi connectivity index (χ1n) is 9.47. The van der Waals surface area contributed by atoms with Crippen molar-refractivity contribution in [2.24, 2.45) is 0 Å². The van der Waals surface area contributed by atoms with Gasteiger partial charge in [-0.3, -0.25) is 0 Å².